The second-order valence-corrected chi connectivity index (χ2v) is 7.55. The zero-order valence-electron chi connectivity index (χ0n) is 15.1. The van der Waals surface area contributed by atoms with Crippen LogP contribution in [0.2, 0.25) is 0 Å². The van der Waals surface area contributed by atoms with Gasteiger partial charge in [-0.05, 0) is 42.9 Å². The monoisotopic (exact) mass is 342 g/mol. The van der Waals surface area contributed by atoms with Crippen LogP contribution >= 0.6 is 0 Å². The summed E-state index contributed by atoms with van der Waals surface area (Å²) < 4.78 is 0. The topological polar surface area (TPSA) is 49.4 Å². The largest absolute Gasteiger partial charge is 0.342 e. The normalized spacial score (nSPS) is 18.3. The van der Waals surface area contributed by atoms with E-state index in [2.05, 4.69) is 5.32 Å². The van der Waals surface area contributed by atoms with Gasteiger partial charge in [-0.3, -0.25) is 9.59 Å². The van der Waals surface area contributed by atoms with E-state index in [0.29, 0.717) is 12.8 Å². The Labute approximate surface area is 151 Å². The zero-order chi connectivity index (χ0) is 17.5. The van der Waals surface area contributed by atoms with Crippen molar-refractivity contribution < 1.29 is 9.59 Å². The second kappa shape index (κ2) is 9.02. The molecule has 25 heavy (non-hydrogen) atoms. The standard InChI is InChI=1S/C21H30N2O2/c24-20(13-10-17-6-2-1-3-7-17)22-19-11-8-18(9-12-19)16-21(25)23-14-4-5-15-23/h8-9,11-12,17H,1-7,10,13-16H2,(H,22,24). The Hall–Kier alpha value is -1.84. The molecule has 0 unspecified atom stereocenters. The fourth-order valence-electron chi connectivity index (χ4n) is 3.99. The Morgan fingerprint density at radius 3 is 2.32 bits per heavy atom. The van der Waals surface area contributed by atoms with Crippen molar-refractivity contribution in [2.24, 2.45) is 5.92 Å². The molecule has 1 aliphatic heterocycles. The Bertz CT molecular complexity index is 570. The van der Waals surface area contributed by atoms with Crippen LogP contribution in [-0.2, 0) is 16.0 Å². The minimum absolute atomic E-state index is 0.103. The van der Waals surface area contributed by atoms with Gasteiger partial charge in [-0.2, -0.15) is 0 Å². The minimum Gasteiger partial charge on any atom is -0.342 e. The maximum Gasteiger partial charge on any atom is 0.226 e. The third-order valence-electron chi connectivity index (χ3n) is 5.56. The molecule has 4 heteroatoms. The van der Waals surface area contributed by atoms with E-state index in [4.69, 9.17) is 0 Å². The van der Waals surface area contributed by atoms with E-state index in [1.54, 1.807) is 0 Å². The summed E-state index contributed by atoms with van der Waals surface area (Å²) in [5.41, 5.74) is 1.84. The highest BCUT2D eigenvalue weighted by molar-refractivity contribution is 5.90. The number of amides is 2. The lowest BCUT2D eigenvalue weighted by Gasteiger charge is -2.21. The van der Waals surface area contributed by atoms with Crippen LogP contribution in [0.3, 0.4) is 0 Å². The van der Waals surface area contributed by atoms with E-state index >= 15 is 0 Å². The Kier molecular flexibility index (Phi) is 6.48. The summed E-state index contributed by atoms with van der Waals surface area (Å²) in [4.78, 5) is 26.2. The van der Waals surface area contributed by atoms with Crippen molar-refractivity contribution in [1.29, 1.82) is 0 Å². The average Bonchev–Trinajstić information content (AvgIpc) is 3.17. The summed E-state index contributed by atoms with van der Waals surface area (Å²) in [6, 6.07) is 7.71. The van der Waals surface area contributed by atoms with Gasteiger partial charge in [0.25, 0.3) is 0 Å². The molecule has 3 rings (SSSR count). The van der Waals surface area contributed by atoms with E-state index in [-0.39, 0.29) is 11.8 Å². The molecule has 2 aliphatic rings. The van der Waals surface area contributed by atoms with Gasteiger partial charge in [0, 0.05) is 25.2 Å². The summed E-state index contributed by atoms with van der Waals surface area (Å²) in [6.07, 6.45) is 10.9. The molecule has 2 amide bonds. The predicted molar refractivity (Wildman–Crippen MR) is 100 cm³/mol. The van der Waals surface area contributed by atoms with Crippen LogP contribution in [-0.4, -0.2) is 29.8 Å². The Balaban J connectivity index is 1.42. The Morgan fingerprint density at radius 1 is 0.960 bits per heavy atom. The number of hydrogen-bond donors (Lipinski definition) is 1. The third-order valence-corrected chi connectivity index (χ3v) is 5.56. The van der Waals surface area contributed by atoms with Crippen LogP contribution in [0, 0.1) is 5.92 Å². The number of hydrogen-bond acceptors (Lipinski definition) is 2. The van der Waals surface area contributed by atoms with E-state index < -0.39 is 0 Å². The van der Waals surface area contributed by atoms with E-state index in [1.807, 2.05) is 29.2 Å². The van der Waals surface area contributed by atoms with Gasteiger partial charge in [0.05, 0.1) is 6.42 Å². The van der Waals surface area contributed by atoms with Crippen molar-refractivity contribution in [2.75, 3.05) is 18.4 Å². The predicted octanol–water partition coefficient (Wildman–Crippen LogP) is 4.15. The van der Waals surface area contributed by atoms with Crippen molar-refractivity contribution in [2.45, 2.75) is 64.2 Å². The van der Waals surface area contributed by atoms with Crippen LogP contribution in [0.1, 0.15) is 63.4 Å². The van der Waals surface area contributed by atoms with Crippen LogP contribution in [0.4, 0.5) is 5.69 Å². The zero-order valence-corrected chi connectivity index (χ0v) is 15.1. The molecule has 0 radical (unpaired) electrons. The van der Waals surface area contributed by atoms with Gasteiger partial charge in [0.15, 0.2) is 0 Å². The Morgan fingerprint density at radius 2 is 1.64 bits per heavy atom. The van der Waals surface area contributed by atoms with Gasteiger partial charge in [-0.15, -0.1) is 0 Å². The highest BCUT2D eigenvalue weighted by atomic mass is 16.2. The number of carbonyl (C=O) groups is 2. The first-order valence-electron chi connectivity index (χ1n) is 9.87. The number of benzene rings is 1. The molecule has 1 aromatic carbocycles. The lowest BCUT2D eigenvalue weighted by atomic mass is 9.86. The summed E-state index contributed by atoms with van der Waals surface area (Å²) >= 11 is 0. The fraction of sp³-hybridized carbons (Fsp3) is 0.619. The number of carbonyl (C=O) groups excluding carboxylic acids is 2. The molecule has 1 saturated heterocycles. The van der Waals surface area contributed by atoms with E-state index in [1.165, 1.54) is 32.1 Å². The van der Waals surface area contributed by atoms with Crippen molar-refractivity contribution in [3.63, 3.8) is 0 Å². The molecule has 1 aromatic rings. The molecular weight excluding hydrogens is 312 g/mol. The molecule has 1 aliphatic carbocycles. The van der Waals surface area contributed by atoms with Gasteiger partial charge in [-0.1, -0.05) is 44.2 Å². The highest BCUT2D eigenvalue weighted by Crippen LogP contribution is 2.27. The summed E-state index contributed by atoms with van der Waals surface area (Å²) in [6.45, 7) is 1.79. The number of likely N-dealkylation sites (tertiary alicyclic amines) is 1. The third kappa shape index (κ3) is 5.58. The molecule has 0 spiro atoms. The molecule has 1 heterocycles. The smallest absolute Gasteiger partial charge is 0.226 e. The molecule has 4 nitrogen and oxygen atoms in total. The van der Waals surface area contributed by atoms with Crippen molar-refractivity contribution in [3.05, 3.63) is 29.8 Å². The van der Waals surface area contributed by atoms with Crippen molar-refractivity contribution in [1.82, 2.24) is 4.90 Å². The van der Waals surface area contributed by atoms with Gasteiger partial charge in [-0.25, -0.2) is 0 Å². The first-order chi connectivity index (χ1) is 12.2. The first kappa shape index (κ1) is 18.0. The van der Waals surface area contributed by atoms with Gasteiger partial charge >= 0.3 is 0 Å². The number of nitrogens with zero attached hydrogens (tertiary/aromatic N) is 1. The number of anilines is 1. The van der Waals surface area contributed by atoms with Crippen molar-refractivity contribution >= 4 is 17.5 Å². The molecule has 0 aromatic heterocycles. The van der Waals surface area contributed by atoms with Crippen LogP contribution in [0.25, 0.3) is 0 Å². The summed E-state index contributed by atoms with van der Waals surface area (Å²) in [5, 5.41) is 2.98. The van der Waals surface area contributed by atoms with Gasteiger partial charge in [0.2, 0.25) is 11.8 Å². The lowest BCUT2D eigenvalue weighted by molar-refractivity contribution is -0.129. The molecule has 0 atom stereocenters. The lowest BCUT2D eigenvalue weighted by Crippen LogP contribution is -2.29. The number of rotatable bonds is 6. The molecular formula is C21H30N2O2. The molecule has 1 saturated carbocycles. The van der Waals surface area contributed by atoms with Gasteiger partial charge < -0.3 is 10.2 Å². The minimum atomic E-state index is 0.103. The average molecular weight is 342 g/mol. The van der Waals surface area contributed by atoms with Gasteiger partial charge in [0.1, 0.15) is 0 Å². The molecule has 1 N–H and O–H groups in total. The quantitative estimate of drug-likeness (QED) is 0.844. The highest BCUT2D eigenvalue weighted by Gasteiger charge is 2.18. The second-order valence-electron chi connectivity index (χ2n) is 7.55. The maximum absolute atomic E-state index is 12.2. The van der Waals surface area contributed by atoms with Crippen LogP contribution < -0.4 is 5.32 Å². The first-order valence-corrected chi connectivity index (χ1v) is 9.87. The van der Waals surface area contributed by atoms with Crippen LogP contribution in [0.5, 0.6) is 0 Å². The fourth-order valence-corrected chi connectivity index (χ4v) is 3.99. The number of nitrogens with one attached hydrogen (secondary N) is 1. The van der Waals surface area contributed by atoms with Crippen LogP contribution in [0.15, 0.2) is 24.3 Å². The molecule has 0 bridgehead atoms. The summed E-state index contributed by atoms with van der Waals surface area (Å²) in [7, 11) is 0. The van der Waals surface area contributed by atoms with Crippen molar-refractivity contribution in [3.8, 4) is 0 Å². The molecule has 136 valence electrons. The SMILES string of the molecule is O=C(CCC1CCCCC1)Nc1ccc(CC(=O)N2CCCC2)cc1. The van der Waals surface area contributed by atoms with E-state index in [9.17, 15) is 9.59 Å². The molecule has 2 fully saturated rings. The van der Waals surface area contributed by atoms with E-state index in [0.717, 1.165) is 49.5 Å². The summed E-state index contributed by atoms with van der Waals surface area (Å²) in [5.74, 6) is 1.05. The maximum atomic E-state index is 12.2.